The molecule has 1 aliphatic rings. The van der Waals surface area contributed by atoms with Gasteiger partial charge in [-0.25, -0.2) is 4.98 Å². The molecule has 28 heavy (non-hydrogen) atoms. The monoisotopic (exact) mass is 428 g/mol. The van der Waals surface area contributed by atoms with E-state index in [9.17, 15) is 8.78 Å². The Kier molecular flexibility index (Phi) is 7.78. The van der Waals surface area contributed by atoms with Gasteiger partial charge < -0.3 is 5.73 Å². The Hall–Kier alpha value is -1.73. The van der Waals surface area contributed by atoms with Gasteiger partial charge in [0.25, 0.3) is 0 Å². The molecule has 0 radical (unpaired) electrons. The van der Waals surface area contributed by atoms with Crippen LogP contribution in [0.25, 0.3) is 11.0 Å². The predicted molar refractivity (Wildman–Crippen MR) is 112 cm³/mol. The van der Waals surface area contributed by atoms with Crippen molar-refractivity contribution in [3.8, 4) is 0 Å². The number of fused-ring (bicyclic) bond motifs is 1. The second-order valence-corrected chi connectivity index (χ2v) is 6.87. The molecule has 0 saturated carbocycles. The molecule has 2 aromatic carbocycles. The average Bonchev–Trinajstić information content (AvgIpc) is 3.23. The van der Waals surface area contributed by atoms with Gasteiger partial charge in [-0.1, -0.05) is 42.5 Å². The predicted octanol–water partition coefficient (Wildman–Crippen LogP) is 4.45. The number of benzene rings is 2. The number of nitrogens with two attached hydrogens (primary N) is 1. The number of hydrogen-bond donors (Lipinski definition) is 1. The van der Waals surface area contributed by atoms with Crippen LogP contribution in [0.5, 0.6) is 0 Å². The van der Waals surface area contributed by atoms with E-state index in [1.165, 1.54) is 5.56 Å². The summed E-state index contributed by atoms with van der Waals surface area (Å²) in [7, 11) is 0. The summed E-state index contributed by atoms with van der Waals surface area (Å²) in [4.78, 5) is 6.65. The van der Waals surface area contributed by atoms with Gasteiger partial charge in [-0.3, -0.25) is 9.47 Å². The van der Waals surface area contributed by atoms with Gasteiger partial charge in [-0.15, -0.1) is 24.8 Å². The first-order chi connectivity index (χ1) is 12.7. The fraction of sp³-hybridized carbons (Fsp3) is 0.350. The molecular formula is C20H24Cl2F2N4. The van der Waals surface area contributed by atoms with Gasteiger partial charge in [0.1, 0.15) is 5.82 Å². The Morgan fingerprint density at radius 1 is 1.00 bits per heavy atom. The molecule has 1 fully saturated rings. The quantitative estimate of drug-likeness (QED) is 0.652. The summed E-state index contributed by atoms with van der Waals surface area (Å²) in [5.41, 5.74) is 8.33. The minimum atomic E-state index is -2.60. The van der Waals surface area contributed by atoms with Crippen molar-refractivity contribution in [1.82, 2.24) is 14.5 Å². The van der Waals surface area contributed by atoms with Crippen molar-refractivity contribution in [3.63, 3.8) is 0 Å². The molecule has 0 aliphatic carbocycles. The zero-order valence-corrected chi connectivity index (χ0v) is 16.9. The summed E-state index contributed by atoms with van der Waals surface area (Å²) in [6.45, 7) is -0.0173. The first kappa shape index (κ1) is 22.6. The van der Waals surface area contributed by atoms with Gasteiger partial charge in [-0.2, -0.15) is 8.78 Å². The van der Waals surface area contributed by atoms with Crippen LogP contribution in [0.3, 0.4) is 0 Å². The van der Waals surface area contributed by atoms with E-state index >= 15 is 0 Å². The van der Waals surface area contributed by atoms with Crippen molar-refractivity contribution in [2.24, 2.45) is 11.7 Å². The summed E-state index contributed by atoms with van der Waals surface area (Å²) in [5.74, 6) is 1.05. The van der Waals surface area contributed by atoms with E-state index < -0.39 is 6.55 Å². The number of alkyl halides is 2. The van der Waals surface area contributed by atoms with Gasteiger partial charge in [0.2, 0.25) is 0 Å². The van der Waals surface area contributed by atoms with Gasteiger partial charge in [0.05, 0.1) is 17.6 Å². The molecule has 1 saturated heterocycles. The largest absolute Gasteiger partial charge is 0.330 e. The molecule has 2 atom stereocenters. The van der Waals surface area contributed by atoms with Crippen molar-refractivity contribution < 1.29 is 8.78 Å². The topological polar surface area (TPSA) is 47.1 Å². The first-order valence-corrected chi connectivity index (χ1v) is 8.88. The number of aromatic nitrogens is 2. The number of hydrogen-bond acceptors (Lipinski definition) is 3. The van der Waals surface area contributed by atoms with Crippen molar-refractivity contribution in [1.29, 1.82) is 0 Å². The molecule has 4 nitrogen and oxygen atoms in total. The van der Waals surface area contributed by atoms with Crippen LogP contribution in [0, 0.1) is 5.92 Å². The highest BCUT2D eigenvalue weighted by Gasteiger charge is 2.33. The molecular weight excluding hydrogens is 405 g/mol. The summed E-state index contributed by atoms with van der Waals surface area (Å²) in [5, 5.41) is 0. The Balaban J connectivity index is 0.00000140. The van der Waals surface area contributed by atoms with Crippen LogP contribution < -0.4 is 5.73 Å². The molecule has 2 heterocycles. The van der Waals surface area contributed by atoms with Crippen LogP contribution >= 0.6 is 24.8 Å². The smallest absolute Gasteiger partial charge is 0.320 e. The standard InChI is InChI=1S/C20H22F2N4.2ClH/c21-20(22)26-18-9-5-4-8-17(18)24-19(26)13-25-11-15(10-23)16(12-25)14-6-2-1-3-7-14;;/h1-9,15-16,20H,10-13,23H2;2*1H/t15-,16+;;/m1../s1. The molecule has 2 N–H and O–H groups in total. The van der Waals surface area contributed by atoms with Crippen LogP contribution in [-0.2, 0) is 6.54 Å². The van der Waals surface area contributed by atoms with E-state index in [0.29, 0.717) is 41.8 Å². The Labute approximate surface area is 175 Å². The molecule has 0 amide bonds. The summed E-state index contributed by atoms with van der Waals surface area (Å²) in [6.07, 6.45) is 0. The minimum absolute atomic E-state index is 0. The summed E-state index contributed by atoms with van der Waals surface area (Å²) >= 11 is 0. The number of nitrogens with zero attached hydrogens (tertiary/aromatic N) is 3. The third kappa shape index (κ3) is 4.30. The lowest BCUT2D eigenvalue weighted by Crippen LogP contribution is -2.24. The van der Waals surface area contributed by atoms with Crippen LogP contribution in [0.4, 0.5) is 8.78 Å². The Bertz CT molecular complexity index is 888. The number of rotatable bonds is 5. The number of likely N-dealkylation sites (tertiary alicyclic amines) is 1. The zero-order valence-electron chi connectivity index (χ0n) is 15.2. The van der Waals surface area contributed by atoms with Crippen molar-refractivity contribution in [2.75, 3.05) is 19.6 Å². The van der Waals surface area contributed by atoms with Crippen LogP contribution in [0.1, 0.15) is 23.9 Å². The SMILES string of the molecule is Cl.Cl.NC[C@@H]1CN(Cc2nc3ccccc3n2C(F)F)C[C@H]1c1ccccc1. The first-order valence-electron chi connectivity index (χ1n) is 8.88. The third-order valence-electron chi connectivity index (χ3n) is 5.28. The lowest BCUT2D eigenvalue weighted by atomic mass is 9.89. The lowest BCUT2D eigenvalue weighted by molar-refractivity contribution is 0.0689. The maximum atomic E-state index is 13.6. The third-order valence-corrected chi connectivity index (χ3v) is 5.28. The van der Waals surface area contributed by atoms with Gasteiger partial charge in [-0.05, 0) is 30.2 Å². The molecule has 0 unspecified atom stereocenters. The maximum absolute atomic E-state index is 13.6. The van der Waals surface area contributed by atoms with Crippen molar-refractivity contribution in [2.45, 2.75) is 19.0 Å². The minimum Gasteiger partial charge on any atom is -0.330 e. The highest BCUT2D eigenvalue weighted by Crippen LogP contribution is 2.33. The Morgan fingerprint density at radius 2 is 1.68 bits per heavy atom. The van der Waals surface area contributed by atoms with E-state index in [-0.39, 0.29) is 24.8 Å². The fourth-order valence-electron chi connectivity index (χ4n) is 4.03. The highest BCUT2D eigenvalue weighted by atomic mass is 35.5. The second kappa shape index (κ2) is 9.65. The average molecular weight is 429 g/mol. The van der Waals surface area contributed by atoms with Crippen LogP contribution in [0.15, 0.2) is 54.6 Å². The summed E-state index contributed by atoms with van der Waals surface area (Å²) in [6, 6.07) is 17.3. The van der Waals surface area contributed by atoms with Gasteiger partial charge in [0.15, 0.2) is 0 Å². The zero-order chi connectivity index (χ0) is 18.1. The van der Waals surface area contributed by atoms with Crippen LogP contribution in [0.2, 0.25) is 0 Å². The van der Waals surface area contributed by atoms with E-state index in [2.05, 4.69) is 22.0 Å². The van der Waals surface area contributed by atoms with E-state index in [0.717, 1.165) is 17.7 Å². The van der Waals surface area contributed by atoms with Crippen molar-refractivity contribution in [3.05, 3.63) is 66.0 Å². The molecule has 3 aromatic rings. The fourth-order valence-corrected chi connectivity index (χ4v) is 4.03. The van der Waals surface area contributed by atoms with Gasteiger partial charge >= 0.3 is 6.55 Å². The number of halogens is 4. The molecule has 4 rings (SSSR count). The molecule has 1 aromatic heterocycles. The summed E-state index contributed by atoms with van der Waals surface area (Å²) < 4.78 is 28.3. The molecule has 0 bridgehead atoms. The Morgan fingerprint density at radius 3 is 2.36 bits per heavy atom. The maximum Gasteiger partial charge on any atom is 0.320 e. The normalized spacial score (nSPS) is 19.6. The van der Waals surface area contributed by atoms with Crippen LogP contribution in [-0.4, -0.2) is 34.1 Å². The molecule has 152 valence electrons. The number of imidazole rings is 1. The van der Waals surface area contributed by atoms with E-state index in [1.807, 2.05) is 24.3 Å². The number of para-hydroxylation sites is 2. The van der Waals surface area contributed by atoms with E-state index in [4.69, 9.17) is 5.73 Å². The second-order valence-electron chi connectivity index (χ2n) is 6.87. The molecule has 0 spiro atoms. The van der Waals surface area contributed by atoms with Gasteiger partial charge in [0, 0.05) is 19.0 Å². The molecule has 1 aliphatic heterocycles. The van der Waals surface area contributed by atoms with E-state index in [1.54, 1.807) is 18.2 Å². The lowest BCUT2D eigenvalue weighted by Gasteiger charge is -2.17. The van der Waals surface area contributed by atoms with Crippen molar-refractivity contribution >= 4 is 35.8 Å². The highest BCUT2D eigenvalue weighted by molar-refractivity contribution is 5.85. The molecule has 8 heteroatoms.